The van der Waals surface area contributed by atoms with Gasteiger partial charge in [0.25, 0.3) is 0 Å². The molecule has 0 rings (SSSR count). The Balaban J connectivity index is 3.46. The number of hydrogen-bond donors (Lipinski definition) is 3. The number of nitrogens with two attached hydrogens (primary N) is 1. The molecule has 0 spiro atoms. The first-order chi connectivity index (χ1) is 11.0. The topological polar surface area (TPSA) is 66.5 Å². The number of halogens is 2. The Bertz CT molecular complexity index is 257. The minimum absolute atomic E-state index is 0.106. The van der Waals surface area contributed by atoms with E-state index < -0.39 is 31.1 Å². The second-order valence-electron chi connectivity index (χ2n) is 6.71. The molecule has 0 aliphatic heterocycles. The Kier molecular flexibility index (Phi) is 15.1. The SMILES string of the molecule is CCCCCCCC(F)CCCCC[C@H](O)C[C@H](O)[C@H](N)CF. The molecular weight excluding hydrogens is 300 g/mol. The smallest absolute Gasteiger partial charge is 0.107 e. The third kappa shape index (κ3) is 13.8. The summed E-state index contributed by atoms with van der Waals surface area (Å²) in [5.41, 5.74) is 5.36. The highest BCUT2D eigenvalue weighted by atomic mass is 19.1. The number of unbranched alkanes of at least 4 members (excludes halogenated alkanes) is 6. The largest absolute Gasteiger partial charge is 0.393 e. The predicted octanol–water partition coefficient (Wildman–Crippen LogP) is 4.04. The third-order valence-electron chi connectivity index (χ3n) is 4.36. The summed E-state index contributed by atoms with van der Waals surface area (Å²) in [7, 11) is 0. The summed E-state index contributed by atoms with van der Waals surface area (Å²) in [6, 6.07) is -0.922. The third-order valence-corrected chi connectivity index (χ3v) is 4.36. The van der Waals surface area contributed by atoms with Crippen LogP contribution in [0.5, 0.6) is 0 Å². The van der Waals surface area contributed by atoms with Gasteiger partial charge in [0.1, 0.15) is 12.8 Å². The fourth-order valence-electron chi connectivity index (χ4n) is 2.71. The van der Waals surface area contributed by atoms with Gasteiger partial charge in [0.05, 0.1) is 18.2 Å². The van der Waals surface area contributed by atoms with Crippen molar-refractivity contribution in [1.82, 2.24) is 0 Å². The van der Waals surface area contributed by atoms with Crippen LogP contribution < -0.4 is 5.73 Å². The standard InChI is InChI=1S/C18H37F2NO2/c1-2-3-4-5-7-10-15(20)11-8-6-9-12-16(22)13-18(23)17(21)14-19/h15-18,22-23H,2-14,21H2,1H3/t15?,16-,17+,18-/m0/s1. The lowest BCUT2D eigenvalue weighted by Gasteiger charge is -2.19. The first kappa shape index (κ1) is 22.7. The summed E-state index contributed by atoms with van der Waals surface area (Å²) in [5.74, 6) is 0. The molecule has 4 N–H and O–H groups in total. The molecule has 140 valence electrons. The first-order valence-electron chi connectivity index (χ1n) is 9.33. The van der Waals surface area contributed by atoms with Crippen molar-refractivity contribution < 1.29 is 19.0 Å². The molecule has 0 heterocycles. The number of aliphatic hydroxyl groups is 2. The highest BCUT2D eigenvalue weighted by Gasteiger charge is 2.18. The van der Waals surface area contributed by atoms with Gasteiger partial charge < -0.3 is 15.9 Å². The van der Waals surface area contributed by atoms with E-state index in [1.54, 1.807) is 0 Å². The Hall–Kier alpha value is -0.260. The maximum atomic E-state index is 13.7. The van der Waals surface area contributed by atoms with Gasteiger partial charge in [-0.25, -0.2) is 8.78 Å². The van der Waals surface area contributed by atoms with Gasteiger partial charge >= 0.3 is 0 Å². The summed E-state index contributed by atoms with van der Waals surface area (Å²) in [6.07, 6.45) is 7.81. The van der Waals surface area contributed by atoms with E-state index in [9.17, 15) is 19.0 Å². The van der Waals surface area contributed by atoms with Crippen LogP contribution in [0.1, 0.15) is 84.0 Å². The van der Waals surface area contributed by atoms with E-state index >= 15 is 0 Å². The fraction of sp³-hybridized carbons (Fsp3) is 1.00. The van der Waals surface area contributed by atoms with Crippen LogP contribution in [0.25, 0.3) is 0 Å². The lowest BCUT2D eigenvalue weighted by molar-refractivity contribution is 0.0546. The second-order valence-corrected chi connectivity index (χ2v) is 6.71. The van der Waals surface area contributed by atoms with Crippen LogP contribution in [0.15, 0.2) is 0 Å². The molecule has 23 heavy (non-hydrogen) atoms. The molecule has 0 saturated carbocycles. The molecule has 0 aromatic carbocycles. The molecular formula is C18H37F2NO2. The number of rotatable bonds is 16. The van der Waals surface area contributed by atoms with Crippen molar-refractivity contribution in [2.24, 2.45) is 5.73 Å². The van der Waals surface area contributed by atoms with Gasteiger partial charge in [0.15, 0.2) is 0 Å². The highest BCUT2D eigenvalue weighted by Crippen LogP contribution is 2.16. The van der Waals surface area contributed by atoms with Gasteiger partial charge in [-0.05, 0) is 19.3 Å². The van der Waals surface area contributed by atoms with Crippen molar-refractivity contribution >= 4 is 0 Å². The van der Waals surface area contributed by atoms with Crippen molar-refractivity contribution in [3.05, 3.63) is 0 Å². The van der Waals surface area contributed by atoms with Crippen molar-refractivity contribution in [3.8, 4) is 0 Å². The van der Waals surface area contributed by atoms with Crippen LogP contribution in [-0.4, -0.2) is 41.3 Å². The average molecular weight is 337 g/mol. The molecule has 0 saturated heterocycles. The quantitative estimate of drug-likeness (QED) is 0.372. The Labute approximate surface area is 140 Å². The molecule has 4 atom stereocenters. The van der Waals surface area contributed by atoms with Gasteiger partial charge in [-0.1, -0.05) is 58.3 Å². The van der Waals surface area contributed by atoms with Crippen molar-refractivity contribution in [2.75, 3.05) is 6.67 Å². The minimum atomic E-state index is -1.00. The molecule has 0 aliphatic carbocycles. The monoisotopic (exact) mass is 337 g/mol. The average Bonchev–Trinajstić information content (AvgIpc) is 2.53. The zero-order valence-electron chi connectivity index (χ0n) is 14.7. The molecule has 1 unspecified atom stereocenters. The molecule has 3 nitrogen and oxygen atoms in total. The maximum absolute atomic E-state index is 13.7. The molecule has 0 amide bonds. The first-order valence-corrected chi connectivity index (χ1v) is 9.33. The fourth-order valence-corrected chi connectivity index (χ4v) is 2.71. The van der Waals surface area contributed by atoms with Crippen LogP contribution in [0, 0.1) is 0 Å². The highest BCUT2D eigenvalue weighted by molar-refractivity contribution is 4.74. The molecule has 0 aromatic heterocycles. The van der Waals surface area contributed by atoms with Crippen LogP contribution in [0.3, 0.4) is 0 Å². The number of alkyl halides is 2. The number of hydrogen-bond acceptors (Lipinski definition) is 3. The van der Waals surface area contributed by atoms with E-state index in [0.29, 0.717) is 19.3 Å². The van der Waals surface area contributed by atoms with E-state index in [2.05, 4.69) is 6.92 Å². The summed E-state index contributed by atoms with van der Waals surface area (Å²) < 4.78 is 25.9. The minimum Gasteiger partial charge on any atom is -0.393 e. The molecule has 0 bridgehead atoms. The van der Waals surface area contributed by atoms with Crippen molar-refractivity contribution in [2.45, 2.75) is 108 Å². The van der Waals surface area contributed by atoms with E-state index in [1.807, 2.05) is 0 Å². The van der Waals surface area contributed by atoms with E-state index in [1.165, 1.54) is 19.3 Å². The summed E-state index contributed by atoms with van der Waals surface area (Å²) >= 11 is 0. The maximum Gasteiger partial charge on any atom is 0.107 e. The van der Waals surface area contributed by atoms with E-state index in [-0.39, 0.29) is 6.42 Å². The summed E-state index contributed by atoms with van der Waals surface area (Å²) in [6.45, 7) is 1.38. The van der Waals surface area contributed by atoms with Gasteiger partial charge in [-0.3, -0.25) is 0 Å². The Morgan fingerprint density at radius 1 is 0.870 bits per heavy atom. The van der Waals surface area contributed by atoms with E-state index in [4.69, 9.17) is 5.73 Å². The molecule has 5 heteroatoms. The number of aliphatic hydroxyl groups excluding tert-OH is 2. The Morgan fingerprint density at radius 3 is 1.96 bits per heavy atom. The molecule has 0 fully saturated rings. The van der Waals surface area contributed by atoms with E-state index in [0.717, 1.165) is 32.1 Å². The normalized spacial score (nSPS) is 17.0. The van der Waals surface area contributed by atoms with Crippen LogP contribution in [0.2, 0.25) is 0 Å². The van der Waals surface area contributed by atoms with Crippen molar-refractivity contribution in [3.63, 3.8) is 0 Å². The molecule has 0 aliphatic rings. The Morgan fingerprint density at radius 2 is 1.39 bits per heavy atom. The zero-order valence-corrected chi connectivity index (χ0v) is 14.7. The van der Waals surface area contributed by atoms with Gasteiger partial charge in [-0.15, -0.1) is 0 Å². The predicted molar refractivity (Wildman–Crippen MR) is 91.9 cm³/mol. The van der Waals surface area contributed by atoms with Gasteiger partial charge in [-0.2, -0.15) is 0 Å². The van der Waals surface area contributed by atoms with Crippen LogP contribution >= 0.6 is 0 Å². The van der Waals surface area contributed by atoms with Crippen molar-refractivity contribution in [1.29, 1.82) is 0 Å². The lowest BCUT2D eigenvalue weighted by atomic mass is 10.00. The molecule has 0 radical (unpaired) electrons. The summed E-state index contributed by atoms with van der Waals surface area (Å²) in [4.78, 5) is 0. The molecule has 0 aromatic rings. The van der Waals surface area contributed by atoms with Crippen LogP contribution in [0.4, 0.5) is 8.78 Å². The van der Waals surface area contributed by atoms with Gasteiger partial charge in [0.2, 0.25) is 0 Å². The lowest BCUT2D eigenvalue weighted by Crippen LogP contribution is -2.38. The zero-order chi connectivity index (χ0) is 17.5. The second kappa shape index (κ2) is 15.3. The van der Waals surface area contributed by atoms with Gasteiger partial charge in [0, 0.05) is 6.42 Å². The summed E-state index contributed by atoms with van der Waals surface area (Å²) in [5, 5.41) is 19.3. The van der Waals surface area contributed by atoms with Crippen LogP contribution in [-0.2, 0) is 0 Å².